The van der Waals surface area contributed by atoms with Gasteiger partial charge in [0.2, 0.25) is 0 Å². The van der Waals surface area contributed by atoms with Crippen molar-refractivity contribution < 1.29 is 14.6 Å². The SMILES string of the molecule is CCCCOC(=O)[C@H](C)[C@H](C)O. The average molecular weight is 174 g/mol. The summed E-state index contributed by atoms with van der Waals surface area (Å²) in [7, 11) is 0. The van der Waals surface area contributed by atoms with E-state index in [1.54, 1.807) is 13.8 Å². The summed E-state index contributed by atoms with van der Waals surface area (Å²) in [6.07, 6.45) is 1.27. The van der Waals surface area contributed by atoms with Crippen LogP contribution >= 0.6 is 0 Å². The molecule has 2 atom stereocenters. The van der Waals surface area contributed by atoms with Crippen LogP contribution in [0.1, 0.15) is 33.6 Å². The van der Waals surface area contributed by atoms with Crippen molar-refractivity contribution in [1.82, 2.24) is 0 Å². The molecule has 0 unspecified atom stereocenters. The molecule has 0 aliphatic heterocycles. The number of hydrogen-bond acceptors (Lipinski definition) is 3. The van der Waals surface area contributed by atoms with Crippen LogP contribution in [-0.4, -0.2) is 23.8 Å². The Bertz CT molecular complexity index is 132. The quantitative estimate of drug-likeness (QED) is 0.505. The van der Waals surface area contributed by atoms with Crippen LogP contribution < -0.4 is 0 Å². The lowest BCUT2D eigenvalue weighted by molar-refractivity contribution is -0.151. The largest absolute Gasteiger partial charge is 0.465 e. The molecule has 0 aromatic heterocycles. The van der Waals surface area contributed by atoms with Crippen molar-refractivity contribution in [2.45, 2.75) is 39.7 Å². The number of aliphatic hydroxyl groups is 1. The van der Waals surface area contributed by atoms with Gasteiger partial charge in [-0.25, -0.2) is 0 Å². The summed E-state index contributed by atoms with van der Waals surface area (Å²) in [6, 6.07) is 0. The van der Waals surface area contributed by atoms with Gasteiger partial charge in [-0.2, -0.15) is 0 Å². The minimum absolute atomic E-state index is 0.307. The maximum atomic E-state index is 11.1. The van der Waals surface area contributed by atoms with E-state index in [9.17, 15) is 4.79 Å². The van der Waals surface area contributed by atoms with Gasteiger partial charge in [-0.3, -0.25) is 4.79 Å². The second-order valence-corrected chi connectivity index (χ2v) is 3.05. The summed E-state index contributed by atoms with van der Waals surface area (Å²) in [4.78, 5) is 11.1. The van der Waals surface area contributed by atoms with Crippen LogP contribution in [0.3, 0.4) is 0 Å². The van der Waals surface area contributed by atoms with Crippen molar-refractivity contribution in [2.24, 2.45) is 5.92 Å². The van der Waals surface area contributed by atoms with Crippen LogP contribution in [0.15, 0.2) is 0 Å². The second-order valence-electron chi connectivity index (χ2n) is 3.05. The molecule has 0 saturated carbocycles. The highest BCUT2D eigenvalue weighted by Crippen LogP contribution is 2.04. The van der Waals surface area contributed by atoms with E-state index in [4.69, 9.17) is 9.84 Å². The average Bonchev–Trinajstić information content (AvgIpc) is 2.03. The van der Waals surface area contributed by atoms with Gasteiger partial charge in [0.1, 0.15) is 0 Å². The van der Waals surface area contributed by atoms with Crippen LogP contribution in [0.4, 0.5) is 0 Å². The van der Waals surface area contributed by atoms with Gasteiger partial charge >= 0.3 is 5.97 Å². The fraction of sp³-hybridized carbons (Fsp3) is 0.889. The molecule has 0 amide bonds. The molecule has 3 nitrogen and oxygen atoms in total. The maximum absolute atomic E-state index is 11.1. The van der Waals surface area contributed by atoms with Crippen LogP contribution in [0, 0.1) is 5.92 Å². The molecule has 72 valence electrons. The van der Waals surface area contributed by atoms with Gasteiger partial charge in [-0.15, -0.1) is 0 Å². The number of aliphatic hydroxyl groups excluding tert-OH is 1. The van der Waals surface area contributed by atoms with Gasteiger partial charge in [0.15, 0.2) is 0 Å². The predicted molar refractivity (Wildman–Crippen MR) is 46.7 cm³/mol. The van der Waals surface area contributed by atoms with Gasteiger partial charge < -0.3 is 9.84 Å². The number of ether oxygens (including phenoxy) is 1. The Morgan fingerprint density at radius 1 is 1.50 bits per heavy atom. The van der Waals surface area contributed by atoms with Crippen LogP contribution in [0.5, 0.6) is 0 Å². The van der Waals surface area contributed by atoms with E-state index in [1.165, 1.54) is 0 Å². The highest BCUT2D eigenvalue weighted by atomic mass is 16.5. The standard InChI is InChI=1S/C9H18O3/c1-4-5-6-12-9(11)7(2)8(3)10/h7-8,10H,4-6H2,1-3H3/t7-,8+/m1/s1. The molecule has 0 aromatic rings. The first-order valence-electron chi connectivity index (χ1n) is 4.44. The maximum Gasteiger partial charge on any atom is 0.311 e. The molecule has 1 N–H and O–H groups in total. The molecule has 0 saturated heterocycles. The number of carbonyl (C=O) groups excluding carboxylic acids is 1. The highest BCUT2D eigenvalue weighted by Gasteiger charge is 2.18. The fourth-order valence-electron chi connectivity index (χ4n) is 0.645. The van der Waals surface area contributed by atoms with Crippen molar-refractivity contribution in [3.8, 4) is 0 Å². The number of esters is 1. The van der Waals surface area contributed by atoms with Crippen molar-refractivity contribution >= 4 is 5.97 Å². The Balaban J connectivity index is 3.57. The molecule has 0 aromatic carbocycles. The first-order chi connectivity index (χ1) is 5.59. The van der Waals surface area contributed by atoms with Gasteiger partial charge in [0, 0.05) is 0 Å². The van der Waals surface area contributed by atoms with Crippen LogP contribution in [0.2, 0.25) is 0 Å². The third-order valence-corrected chi connectivity index (χ3v) is 1.84. The number of hydrogen-bond donors (Lipinski definition) is 1. The Labute approximate surface area is 73.7 Å². The molecule has 0 fully saturated rings. The first kappa shape index (κ1) is 11.4. The van der Waals surface area contributed by atoms with E-state index in [2.05, 4.69) is 0 Å². The first-order valence-corrected chi connectivity index (χ1v) is 4.44. The van der Waals surface area contributed by atoms with E-state index in [-0.39, 0.29) is 5.97 Å². The zero-order chi connectivity index (χ0) is 9.56. The molecule has 0 rings (SSSR count). The van der Waals surface area contributed by atoms with Gasteiger partial charge in [0.25, 0.3) is 0 Å². The lowest BCUT2D eigenvalue weighted by Crippen LogP contribution is -2.25. The van der Waals surface area contributed by atoms with E-state index >= 15 is 0 Å². The molecule has 0 aliphatic rings. The van der Waals surface area contributed by atoms with Gasteiger partial charge in [-0.05, 0) is 20.3 Å². The number of rotatable bonds is 5. The monoisotopic (exact) mass is 174 g/mol. The topological polar surface area (TPSA) is 46.5 Å². The predicted octanol–water partition coefficient (Wildman–Crippen LogP) is 1.35. The molecular formula is C9H18O3. The number of carbonyl (C=O) groups is 1. The van der Waals surface area contributed by atoms with Gasteiger partial charge in [0.05, 0.1) is 18.6 Å². The normalized spacial score (nSPS) is 15.3. The molecular weight excluding hydrogens is 156 g/mol. The Kier molecular flexibility index (Phi) is 5.72. The Hall–Kier alpha value is -0.570. The van der Waals surface area contributed by atoms with Gasteiger partial charge in [-0.1, -0.05) is 13.3 Å². The lowest BCUT2D eigenvalue weighted by atomic mass is 10.1. The smallest absolute Gasteiger partial charge is 0.311 e. The molecule has 0 spiro atoms. The summed E-state index contributed by atoms with van der Waals surface area (Å²) in [5.41, 5.74) is 0. The Morgan fingerprint density at radius 2 is 2.08 bits per heavy atom. The molecule has 3 heteroatoms. The summed E-state index contributed by atoms with van der Waals surface area (Å²) in [6.45, 7) is 5.75. The van der Waals surface area contributed by atoms with E-state index in [0.717, 1.165) is 12.8 Å². The third-order valence-electron chi connectivity index (χ3n) is 1.84. The fourth-order valence-corrected chi connectivity index (χ4v) is 0.645. The molecule has 0 bridgehead atoms. The number of unbranched alkanes of at least 4 members (excludes halogenated alkanes) is 1. The zero-order valence-electron chi connectivity index (χ0n) is 8.04. The van der Waals surface area contributed by atoms with E-state index in [0.29, 0.717) is 6.61 Å². The van der Waals surface area contributed by atoms with Crippen LogP contribution in [-0.2, 0) is 9.53 Å². The zero-order valence-corrected chi connectivity index (χ0v) is 8.04. The highest BCUT2D eigenvalue weighted by molar-refractivity contribution is 5.72. The summed E-state index contributed by atoms with van der Waals surface area (Å²) >= 11 is 0. The molecule has 0 radical (unpaired) electrons. The van der Waals surface area contributed by atoms with Crippen molar-refractivity contribution in [3.63, 3.8) is 0 Å². The van der Waals surface area contributed by atoms with Crippen LogP contribution in [0.25, 0.3) is 0 Å². The minimum atomic E-state index is -0.626. The van der Waals surface area contributed by atoms with Crippen molar-refractivity contribution in [2.75, 3.05) is 6.61 Å². The lowest BCUT2D eigenvalue weighted by Gasteiger charge is -2.13. The van der Waals surface area contributed by atoms with E-state index < -0.39 is 12.0 Å². The summed E-state index contributed by atoms with van der Waals surface area (Å²) in [5, 5.41) is 9.05. The molecule has 12 heavy (non-hydrogen) atoms. The third kappa shape index (κ3) is 4.34. The summed E-state index contributed by atoms with van der Waals surface area (Å²) in [5.74, 6) is -0.722. The minimum Gasteiger partial charge on any atom is -0.465 e. The molecule has 0 heterocycles. The van der Waals surface area contributed by atoms with Crippen molar-refractivity contribution in [3.05, 3.63) is 0 Å². The molecule has 0 aliphatic carbocycles. The second kappa shape index (κ2) is 6.00. The Morgan fingerprint density at radius 3 is 2.50 bits per heavy atom. The van der Waals surface area contributed by atoms with E-state index in [1.807, 2.05) is 6.92 Å². The summed E-state index contributed by atoms with van der Waals surface area (Å²) < 4.78 is 4.91. The van der Waals surface area contributed by atoms with Crippen molar-refractivity contribution in [1.29, 1.82) is 0 Å².